The smallest absolute Gasteiger partial charge is 0.251 e. The quantitative estimate of drug-likeness (QED) is 0.861. The fourth-order valence-electron chi connectivity index (χ4n) is 3.33. The van der Waals surface area contributed by atoms with Crippen LogP contribution in [0.3, 0.4) is 0 Å². The number of aromatic nitrogens is 1. The molecule has 0 spiro atoms. The van der Waals surface area contributed by atoms with E-state index in [4.69, 9.17) is 9.47 Å². The Hall–Kier alpha value is -2.40. The number of hydrogen-bond acceptors (Lipinski definition) is 4. The summed E-state index contributed by atoms with van der Waals surface area (Å²) in [4.78, 5) is 16.7. The van der Waals surface area contributed by atoms with Crippen molar-refractivity contribution in [1.82, 2.24) is 10.3 Å². The van der Waals surface area contributed by atoms with Crippen molar-refractivity contribution in [2.75, 3.05) is 6.61 Å². The molecule has 1 amide bonds. The molecule has 1 aromatic heterocycles. The van der Waals surface area contributed by atoms with Gasteiger partial charge in [0.25, 0.3) is 5.91 Å². The van der Waals surface area contributed by atoms with Crippen molar-refractivity contribution in [3.63, 3.8) is 0 Å². The van der Waals surface area contributed by atoms with Crippen LogP contribution in [-0.2, 0) is 11.3 Å². The minimum Gasteiger partial charge on any atom is -0.488 e. The van der Waals surface area contributed by atoms with E-state index in [0.29, 0.717) is 12.2 Å². The number of carbonyl (C=O) groups excluding carboxylic acids is 1. The van der Waals surface area contributed by atoms with Crippen LogP contribution >= 0.6 is 0 Å². The monoisotopic (exact) mass is 354 g/mol. The van der Waals surface area contributed by atoms with E-state index in [-0.39, 0.29) is 18.1 Å². The molecule has 0 unspecified atom stereocenters. The van der Waals surface area contributed by atoms with Crippen LogP contribution < -0.4 is 10.1 Å². The van der Waals surface area contributed by atoms with Gasteiger partial charge in [0.2, 0.25) is 0 Å². The zero-order valence-corrected chi connectivity index (χ0v) is 15.6. The zero-order valence-electron chi connectivity index (χ0n) is 15.6. The Bertz CT molecular complexity index is 732. The number of pyridine rings is 1. The second-order valence-electron chi connectivity index (χ2n) is 6.90. The Balaban J connectivity index is 1.66. The third-order valence-electron chi connectivity index (χ3n) is 4.71. The summed E-state index contributed by atoms with van der Waals surface area (Å²) in [5.41, 5.74) is 3.56. The molecule has 1 N–H and O–H groups in total. The molecule has 2 aromatic rings. The standard InChI is InChI=1S/C21H26N2O3/c1-14-10-18(21(24)23-16(3)19-7-5-9-25-19)11-15(2)20(14)26-13-17-6-4-8-22-12-17/h4,6,8,10-12,16,19H,5,7,9,13H2,1-3H3,(H,23,24)/t16-,19+/m0/s1. The first-order chi connectivity index (χ1) is 12.5. The molecule has 1 fully saturated rings. The number of nitrogens with zero attached hydrogens (tertiary/aromatic N) is 1. The lowest BCUT2D eigenvalue weighted by Gasteiger charge is -2.20. The van der Waals surface area contributed by atoms with Crippen molar-refractivity contribution < 1.29 is 14.3 Å². The van der Waals surface area contributed by atoms with Gasteiger partial charge in [-0.2, -0.15) is 0 Å². The Labute approximate surface area is 154 Å². The van der Waals surface area contributed by atoms with Crippen molar-refractivity contribution in [2.24, 2.45) is 0 Å². The van der Waals surface area contributed by atoms with Crippen LogP contribution in [0.1, 0.15) is 46.8 Å². The molecule has 3 rings (SSSR count). The number of carbonyl (C=O) groups is 1. The predicted octanol–water partition coefficient (Wildman–Crippen LogP) is 3.57. The van der Waals surface area contributed by atoms with Gasteiger partial charge in [0.05, 0.1) is 12.1 Å². The van der Waals surface area contributed by atoms with Gasteiger partial charge in [-0.15, -0.1) is 0 Å². The summed E-state index contributed by atoms with van der Waals surface area (Å²) in [5.74, 6) is 0.746. The maximum Gasteiger partial charge on any atom is 0.251 e. The van der Waals surface area contributed by atoms with Crippen LogP contribution in [0.15, 0.2) is 36.7 Å². The summed E-state index contributed by atoms with van der Waals surface area (Å²) in [5, 5.41) is 3.06. The highest BCUT2D eigenvalue weighted by molar-refractivity contribution is 5.95. The second-order valence-corrected chi connectivity index (χ2v) is 6.90. The van der Waals surface area contributed by atoms with Gasteiger partial charge in [0.1, 0.15) is 12.4 Å². The molecule has 1 aliphatic heterocycles. The molecule has 2 heterocycles. The Morgan fingerprint density at radius 2 is 2.15 bits per heavy atom. The topological polar surface area (TPSA) is 60.5 Å². The van der Waals surface area contributed by atoms with Gasteiger partial charge in [-0.1, -0.05) is 6.07 Å². The van der Waals surface area contributed by atoms with Gasteiger partial charge in [0, 0.05) is 30.1 Å². The fraction of sp³-hybridized carbons (Fsp3) is 0.429. The minimum atomic E-state index is -0.0713. The van der Waals surface area contributed by atoms with E-state index >= 15 is 0 Å². The number of amides is 1. The minimum absolute atomic E-state index is 0.00659. The molecule has 0 radical (unpaired) electrons. The van der Waals surface area contributed by atoms with Gasteiger partial charge < -0.3 is 14.8 Å². The number of ether oxygens (including phenoxy) is 2. The SMILES string of the molecule is Cc1cc(C(=O)N[C@@H](C)[C@H]2CCCO2)cc(C)c1OCc1cccnc1. The second kappa shape index (κ2) is 8.32. The molecule has 138 valence electrons. The zero-order chi connectivity index (χ0) is 18.5. The number of nitrogens with one attached hydrogen (secondary N) is 1. The predicted molar refractivity (Wildman–Crippen MR) is 100 cm³/mol. The lowest BCUT2D eigenvalue weighted by molar-refractivity contribution is 0.0712. The normalized spacial score (nSPS) is 17.7. The third kappa shape index (κ3) is 4.41. The van der Waals surface area contributed by atoms with Crippen LogP contribution in [-0.4, -0.2) is 29.6 Å². The van der Waals surface area contributed by atoms with Gasteiger partial charge >= 0.3 is 0 Å². The molecular formula is C21H26N2O3. The molecule has 1 aliphatic rings. The van der Waals surface area contributed by atoms with Crippen molar-refractivity contribution >= 4 is 5.91 Å². The number of hydrogen-bond donors (Lipinski definition) is 1. The van der Waals surface area contributed by atoms with Crippen molar-refractivity contribution in [3.8, 4) is 5.75 Å². The highest BCUT2D eigenvalue weighted by Crippen LogP contribution is 2.26. The first-order valence-corrected chi connectivity index (χ1v) is 9.10. The molecule has 5 nitrogen and oxygen atoms in total. The van der Waals surface area contributed by atoms with Crippen LogP contribution in [0, 0.1) is 13.8 Å². The molecule has 0 aliphatic carbocycles. The maximum atomic E-state index is 12.6. The highest BCUT2D eigenvalue weighted by Gasteiger charge is 2.24. The van der Waals surface area contributed by atoms with E-state index in [1.54, 1.807) is 12.4 Å². The third-order valence-corrected chi connectivity index (χ3v) is 4.71. The van der Waals surface area contributed by atoms with Crippen molar-refractivity contribution in [3.05, 3.63) is 58.9 Å². The highest BCUT2D eigenvalue weighted by atomic mass is 16.5. The lowest BCUT2D eigenvalue weighted by atomic mass is 10.0. The van der Waals surface area contributed by atoms with E-state index in [1.807, 2.05) is 45.0 Å². The molecule has 1 saturated heterocycles. The average Bonchev–Trinajstić information content (AvgIpc) is 3.16. The molecule has 0 saturated carbocycles. The Kier molecular flexibility index (Phi) is 5.89. The number of rotatable bonds is 6. The maximum absolute atomic E-state index is 12.6. The van der Waals surface area contributed by atoms with Crippen LogP contribution in [0.4, 0.5) is 0 Å². The summed E-state index contributed by atoms with van der Waals surface area (Å²) in [7, 11) is 0. The van der Waals surface area contributed by atoms with E-state index in [2.05, 4.69) is 10.3 Å². The molecule has 1 aromatic carbocycles. The van der Waals surface area contributed by atoms with Crippen molar-refractivity contribution in [1.29, 1.82) is 0 Å². The van der Waals surface area contributed by atoms with Crippen LogP contribution in [0.25, 0.3) is 0 Å². The summed E-state index contributed by atoms with van der Waals surface area (Å²) in [6, 6.07) is 7.63. The fourth-order valence-corrected chi connectivity index (χ4v) is 3.33. The summed E-state index contributed by atoms with van der Waals surface area (Å²) < 4.78 is 11.6. The average molecular weight is 354 g/mol. The van der Waals surface area contributed by atoms with Crippen molar-refractivity contribution in [2.45, 2.75) is 52.4 Å². The first kappa shape index (κ1) is 18.4. The van der Waals surface area contributed by atoms with Gasteiger partial charge in [-0.3, -0.25) is 9.78 Å². The summed E-state index contributed by atoms with van der Waals surface area (Å²) in [6.07, 6.45) is 5.71. The molecule has 5 heteroatoms. The summed E-state index contributed by atoms with van der Waals surface area (Å²) in [6.45, 7) is 7.17. The molecule has 26 heavy (non-hydrogen) atoms. The Morgan fingerprint density at radius 1 is 1.38 bits per heavy atom. The van der Waals surface area contributed by atoms with E-state index in [9.17, 15) is 4.79 Å². The number of benzene rings is 1. The van der Waals surface area contributed by atoms with Crippen LogP contribution in [0.5, 0.6) is 5.75 Å². The molecular weight excluding hydrogens is 328 g/mol. The van der Waals surface area contributed by atoms with Gasteiger partial charge in [-0.05, 0) is 62.9 Å². The first-order valence-electron chi connectivity index (χ1n) is 9.10. The van der Waals surface area contributed by atoms with E-state index in [0.717, 1.165) is 41.9 Å². The number of aryl methyl sites for hydroxylation is 2. The Morgan fingerprint density at radius 3 is 2.77 bits per heavy atom. The lowest BCUT2D eigenvalue weighted by Crippen LogP contribution is -2.40. The van der Waals surface area contributed by atoms with E-state index in [1.165, 1.54) is 0 Å². The molecule has 0 bridgehead atoms. The molecule has 2 atom stereocenters. The van der Waals surface area contributed by atoms with E-state index < -0.39 is 0 Å². The largest absolute Gasteiger partial charge is 0.488 e. The van der Waals surface area contributed by atoms with Gasteiger partial charge in [-0.25, -0.2) is 0 Å². The van der Waals surface area contributed by atoms with Gasteiger partial charge in [0.15, 0.2) is 0 Å². The summed E-state index contributed by atoms with van der Waals surface area (Å²) >= 11 is 0. The van der Waals surface area contributed by atoms with Crippen LogP contribution in [0.2, 0.25) is 0 Å².